The maximum atomic E-state index is 5.87. The van der Waals surface area contributed by atoms with E-state index in [2.05, 4.69) is 0 Å². The minimum Gasteiger partial charge on any atom is -0.370 e. The standard InChI is InChI=1S/C16H26O4/c1-10(17-8-11-2-4-13-15(6-11)19-13)18-9-12-3-5-14-16(7-12)20-14/h10-16H,2-9H2,1H3. The zero-order valence-electron chi connectivity index (χ0n) is 12.3. The Kier molecular flexibility index (Phi) is 3.75. The third-order valence-electron chi connectivity index (χ3n) is 5.36. The van der Waals surface area contributed by atoms with Gasteiger partial charge in [-0.2, -0.15) is 0 Å². The average Bonchev–Trinajstić information content (AvgIpc) is 3.35. The lowest BCUT2D eigenvalue weighted by Crippen LogP contribution is -2.25. The van der Waals surface area contributed by atoms with Crippen LogP contribution in [0.5, 0.6) is 0 Å². The molecule has 0 amide bonds. The second kappa shape index (κ2) is 5.56. The number of fused-ring (bicyclic) bond motifs is 2. The van der Waals surface area contributed by atoms with E-state index in [9.17, 15) is 0 Å². The van der Waals surface area contributed by atoms with E-state index in [1.54, 1.807) is 0 Å². The lowest BCUT2D eigenvalue weighted by atomic mass is 9.90. The lowest BCUT2D eigenvalue weighted by molar-refractivity contribution is -0.148. The molecular weight excluding hydrogens is 256 g/mol. The van der Waals surface area contributed by atoms with Crippen molar-refractivity contribution in [2.45, 2.75) is 76.2 Å². The van der Waals surface area contributed by atoms with Crippen molar-refractivity contribution in [2.24, 2.45) is 11.8 Å². The average molecular weight is 282 g/mol. The van der Waals surface area contributed by atoms with Crippen molar-refractivity contribution in [3.05, 3.63) is 0 Å². The Balaban J connectivity index is 1.11. The molecule has 0 aromatic rings. The summed E-state index contributed by atoms with van der Waals surface area (Å²) in [7, 11) is 0. The van der Waals surface area contributed by atoms with E-state index in [1.165, 1.54) is 38.5 Å². The summed E-state index contributed by atoms with van der Waals surface area (Å²) in [6.07, 6.45) is 9.47. The Morgan fingerprint density at radius 2 is 1.30 bits per heavy atom. The van der Waals surface area contributed by atoms with Gasteiger partial charge < -0.3 is 18.9 Å². The van der Waals surface area contributed by atoms with Gasteiger partial charge in [-0.1, -0.05) is 0 Å². The highest BCUT2D eigenvalue weighted by Crippen LogP contribution is 2.40. The van der Waals surface area contributed by atoms with Crippen LogP contribution in [0.4, 0.5) is 0 Å². The van der Waals surface area contributed by atoms with Crippen molar-refractivity contribution in [1.29, 1.82) is 0 Å². The van der Waals surface area contributed by atoms with Crippen molar-refractivity contribution in [3.8, 4) is 0 Å². The summed E-state index contributed by atoms with van der Waals surface area (Å²) in [6, 6.07) is 0. The molecule has 0 spiro atoms. The van der Waals surface area contributed by atoms with E-state index in [-0.39, 0.29) is 6.29 Å². The Labute approximate surface area is 121 Å². The molecule has 4 fully saturated rings. The summed E-state index contributed by atoms with van der Waals surface area (Å²) in [6.45, 7) is 3.68. The highest BCUT2D eigenvalue weighted by Gasteiger charge is 2.44. The summed E-state index contributed by atoms with van der Waals surface area (Å²) in [5.41, 5.74) is 0. The highest BCUT2D eigenvalue weighted by molar-refractivity contribution is 4.92. The van der Waals surface area contributed by atoms with Gasteiger partial charge in [0.05, 0.1) is 37.6 Å². The molecule has 2 saturated heterocycles. The minimum atomic E-state index is -0.0781. The molecule has 114 valence electrons. The lowest BCUT2D eigenvalue weighted by Gasteiger charge is -2.24. The van der Waals surface area contributed by atoms with Crippen molar-refractivity contribution in [3.63, 3.8) is 0 Å². The number of rotatable bonds is 6. The van der Waals surface area contributed by atoms with Crippen LogP contribution in [0.2, 0.25) is 0 Å². The van der Waals surface area contributed by atoms with E-state index in [1.807, 2.05) is 6.92 Å². The number of ether oxygens (including phenoxy) is 4. The van der Waals surface area contributed by atoms with Crippen molar-refractivity contribution >= 4 is 0 Å². The largest absolute Gasteiger partial charge is 0.370 e. The van der Waals surface area contributed by atoms with Gasteiger partial charge in [-0.25, -0.2) is 0 Å². The van der Waals surface area contributed by atoms with Crippen LogP contribution in [0.1, 0.15) is 45.4 Å². The van der Waals surface area contributed by atoms with E-state index in [4.69, 9.17) is 18.9 Å². The van der Waals surface area contributed by atoms with Crippen LogP contribution in [0.3, 0.4) is 0 Å². The Morgan fingerprint density at radius 3 is 1.75 bits per heavy atom. The molecule has 2 aliphatic heterocycles. The van der Waals surface area contributed by atoms with Gasteiger partial charge in [0.1, 0.15) is 0 Å². The van der Waals surface area contributed by atoms with Gasteiger partial charge in [0.2, 0.25) is 0 Å². The summed E-state index contributed by atoms with van der Waals surface area (Å²) in [5.74, 6) is 1.33. The van der Waals surface area contributed by atoms with Crippen LogP contribution in [-0.4, -0.2) is 43.9 Å². The van der Waals surface area contributed by atoms with Gasteiger partial charge in [0.25, 0.3) is 0 Å². The third-order valence-corrected chi connectivity index (χ3v) is 5.36. The zero-order chi connectivity index (χ0) is 13.5. The number of hydrogen-bond donors (Lipinski definition) is 0. The first-order valence-corrected chi connectivity index (χ1v) is 8.32. The predicted molar refractivity (Wildman–Crippen MR) is 73.4 cm³/mol. The quantitative estimate of drug-likeness (QED) is 0.554. The Bertz CT molecular complexity index is 315. The smallest absolute Gasteiger partial charge is 0.154 e. The van der Waals surface area contributed by atoms with Gasteiger partial charge in [-0.05, 0) is 57.3 Å². The summed E-state index contributed by atoms with van der Waals surface area (Å²) in [4.78, 5) is 0. The molecule has 6 atom stereocenters. The van der Waals surface area contributed by atoms with E-state index in [0.29, 0.717) is 36.3 Å². The molecule has 4 nitrogen and oxygen atoms in total. The minimum absolute atomic E-state index is 0.0781. The van der Waals surface area contributed by atoms with Crippen LogP contribution in [0, 0.1) is 11.8 Å². The van der Waals surface area contributed by atoms with Crippen LogP contribution >= 0.6 is 0 Å². The summed E-state index contributed by atoms with van der Waals surface area (Å²) < 4.78 is 22.8. The molecule has 4 aliphatic rings. The molecule has 0 aromatic carbocycles. The molecular formula is C16H26O4. The highest BCUT2D eigenvalue weighted by atomic mass is 16.7. The van der Waals surface area contributed by atoms with Gasteiger partial charge in [0, 0.05) is 0 Å². The zero-order valence-corrected chi connectivity index (χ0v) is 12.3. The first kappa shape index (κ1) is 13.5. The van der Waals surface area contributed by atoms with Gasteiger partial charge in [-0.3, -0.25) is 0 Å². The molecule has 4 heteroatoms. The second-order valence-corrected chi connectivity index (χ2v) is 7.02. The number of hydrogen-bond acceptors (Lipinski definition) is 4. The first-order valence-electron chi connectivity index (χ1n) is 8.32. The molecule has 4 rings (SSSR count). The van der Waals surface area contributed by atoms with Gasteiger partial charge >= 0.3 is 0 Å². The van der Waals surface area contributed by atoms with Crippen LogP contribution in [-0.2, 0) is 18.9 Å². The second-order valence-electron chi connectivity index (χ2n) is 7.02. The first-order chi connectivity index (χ1) is 9.78. The molecule has 0 aromatic heterocycles. The maximum Gasteiger partial charge on any atom is 0.154 e. The topological polar surface area (TPSA) is 43.5 Å². The van der Waals surface area contributed by atoms with Crippen LogP contribution in [0.15, 0.2) is 0 Å². The maximum absolute atomic E-state index is 5.87. The van der Waals surface area contributed by atoms with Crippen molar-refractivity contribution in [2.75, 3.05) is 13.2 Å². The Hall–Kier alpha value is -0.160. The van der Waals surface area contributed by atoms with Gasteiger partial charge in [-0.15, -0.1) is 0 Å². The van der Waals surface area contributed by atoms with E-state index in [0.717, 1.165) is 13.2 Å². The monoisotopic (exact) mass is 282 g/mol. The van der Waals surface area contributed by atoms with Crippen LogP contribution < -0.4 is 0 Å². The molecule has 0 bridgehead atoms. The molecule has 2 saturated carbocycles. The SMILES string of the molecule is CC(OCC1CCC2OC2C1)OCC1CCC2OC2C1. The summed E-state index contributed by atoms with van der Waals surface area (Å²) >= 11 is 0. The van der Waals surface area contributed by atoms with Gasteiger partial charge in [0.15, 0.2) is 6.29 Å². The molecule has 20 heavy (non-hydrogen) atoms. The molecule has 2 heterocycles. The fourth-order valence-electron chi connectivity index (χ4n) is 3.87. The van der Waals surface area contributed by atoms with Crippen molar-refractivity contribution in [1.82, 2.24) is 0 Å². The van der Waals surface area contributed by atoms with Crippen molar-refractivity contribution < 1.29 is 18.9 Å². The van der Waals surface area contributed by atoms with E-state index >= 15 is 0 Å². The third kappa shape index (κ3) is 3.19. The fourth-order valence-corrected chi connectivity index (χ4v) is 3.87. The number of epoxide rings is 2. The summed E-state index contributed by atoms with van der Waals surface area (Å²) in [5, 5.41) is 0. The fraction of sp³-hybridized carbons (Fsp3) is 1.00. The van der Waals surface area contributed by atoms with Crippen LogP contribution in [0.25, 0.3) is 0 Å². The molecule has 6 unspecified atom stereocenters. The molecule has 0 N–H and O–H groups in total. The normalized spacial score (nSPS) is 47.2. The van der Waals surface area contributed by atoms with E-state index < -0.39 is 0 Å². The molecule has 2 aliphatic carbocycles. The predicted octanol–water partition coefficient (Wildman–Crippen LogP) is 2.50. The molecule has 0 radical (unpaired) electrons. The Morgan fingerprint density at radius 1 is 0.800 bits per heavy atom.